The van der Waals surface area contributed by atoms with Gasteiger partial charge in [0.15, 0.2) is 0 Å². The van der Waals surface area contributed by atoms with Crippen LogP contribution >= 0.6 is 12.4 Å². The topological polar surface area (TPSA) is 101 Å². The van der Waals surface area contributed by atoms with Crippen LogP contribution in [0.25, 0.3) is 0 Å². The predicted molar refractivity (Wildman–Crippen MR) is 96.6 cm³/mol. The number of H-pyrrole nitrogens is 1. The Hall–Kier alpha value is -2.18. The highest BCUT2D eigenvalue weighted by atomic mass is 35.5. The number of nitrogens with one attached hydrogen (secondary N) is 2. The molecule has 1 aromatic carbocycles. The molecule has 1 unspecified atom stereocenters. The number of aryl methyl sites for hydroxylation is 1. The summed E-state index contributed by atoms with van der Waals surface area (Å²) in [6.45, 7) is 4.10. The lowest BCUT2D eigenvalue weighted by atomic mass is 10.0. The van der Waals surface area contributed by atoms with E-state index in [2.05, 4.69) is 15.5 Å². The van der Waals surface area contributed by atoms with Crippen LogP contribution in [0.3, 0.4) is 0 Å². The highest BCUT2D eigenvalue weighted by Crippen LogP contribution is 2.11. The minimum Gasteiger partial charge on any atom is -0.350 e. The molecule has 0 spiro atoms. The summed E-state index contributed by atoms with van der Waals surface area (Å²) < 4.78 is 0. The first-order valence-electron chi connectivity index (χ1n) is 7.77. The van der Waals surface area contributed by atoms with E-state index in [-0.39, 0.29) is 30.6 Å². The number of hydrogen-bond acceptors (Lipinski definition) is 4. The van der Waals surface area contributed by atoms with Crippen molar-refractivity contribution in [3.8, 4) is 0 Å². The Balaban J connectivity index is 0.00000288. The molecule has 1 amide bonds. The largest absolute Gasteiger partial charge is 0.350 e. The number of hydrogen-bond donors (Lipinski definition) is 3. The number of nitrogens with two attached hydrogens (primary N) is 1. The van der Waals surface area contributed by atoms with Gasteiger partial charge < -0.3 is 11.1 Å². The first kappa shape index (κ1) is 19.9. The predicted octanol–water partition coefficient (Wildman–Crippen LogP) is 1.75. The maximum atomic E-state index is 12.4. The number of nitrogens with zero attached hydrogens (tertiary/aromatic N) is 1. The van der Waals surface area contributed by atoms with E-state index in [0.29, 0.717) is 18.4 Å². The van der Waals surface area contributed by atoms with Gasteiger partial charge in [-0.2, -0.15) is 5.10 Å². The van der Waals surface area contributed by atoms with Crippen molar-refractivity contribution in [2.75, 3.05) is 6.54 Å². The summed E-state index contributed by atoms with van der Waals surface area (Å²) in [7, 11) is 0. The van der Waals surface area contributed by atoms with Crippen LogP contribution in [0.5, 0.6) is 0 Å². The number of amides is 1. The Bertz CT molecular complexity index is 731. The van der Waals surface area contributed by atoms with Crippen LogP contribution < -0.4 is 16.6 Å². The van der Waals surface area contributed by atoms with Crippen molar-refractivity contribution in [1.29, 1.82) is 0 Å². The van der Waals surface area contributed by atoms with Gasteiger partial charge in [0, 0.05) is 12.6 Å². The molecule has 0 aliphatic rings. The molecule has 7 heteroatoms. The third kappa shape index (κ3) is 4.43. The second-order valence-electron chi connectivity index (χ2n) is 5.29. The zero-order valence-corrected chi connectivity index (χ0v) is 14.7. The van der Waals surface area contributed by atoms with Crippen LogP contribution in [0.1, 0.15) is 47.1 Å². The number of aromatic nitrogens is 2. The monoisotopic (exact) mass is 350 g/mol. The van der Waals surface area contributed by atoms with Crippen LogP contribution in [0, 0.1) is 0 Å². The molecule has 24 heavy (non-hydrogen) atoms. The Morgan fingerprint density at radius 2 is 1.92 bits per heavy atom. The Morgan fingerprint density at radius 1 is 1.25 bits per heavy atom. The number of carbonyl (C=O) groups is 1. The number of halogens is 1. The lowest BCUT2D eigenvalue weighted by Gasteiger charge is -2.14. The Morgan fingerprint density at radius 3 is 2.50 bits per heavy atom. The minimum absolute atomic E-state index is 0. The quantitative estimate of drug-likeness (QED) is 0.738. The first-order valence-corrected chi connectivity index (χ1v) is 7.77. The normalized spacial score (nSPS) is 11.5. The average Bonchev–Trinajstić information content (AvgIpc) is 2.59. The van der Waals surface area contributed by atoms with Crippen molar-refractivity contribution in [3.05, 3.63) is 63.1 Å². The average molecular weight is 351 g/mol. The fourth-order valence-electron chi connectivity index (χ4n) is 2.55. The van der Waals surface area contributed by atoms with Gasteiger partial charge in [-0.15, -0.1) is 12.4 Å². The SMILES string of the molecule is CCc1n[nH]c(=O)c(C(=O)NCC(N)c2ccccc2)c1CC.Cl. The molecule has 2 aromatic rings. The van der Waals surface area contributed by atoms with Crippen LogP contribution in [-0.2, 0) is 12.8 Å². The van der Waals surface area contributed by atoms with Gasteiger partial charge in [-0.3, -0.25) is 9.59 Å². The molecule has 0 aliphatic carbocycles. The molecule has 2 rings (SSSR count). The van der Waals surface area contributed by atoms with Gasteiger partial charge in [-0.05, 0) is 24.0 Å². The van der Waals surface area contributed by atoms with E-state index < -0.39 is 11.5 Å². The maximum absolute atomic E-state index is 12.4. The molecule has 130 valence electrons. The number of rotatable bonds is 6. The molecule has 4 N–H and O–H groups in total. The highest BCUT2D eigenvalue weighted by Gasteiger charge is 2.19. The van der Waals surface area contributed by atoms with Gasteiger partial charge in [0.2, 0.25) is 0 Å². The van der Waals surface area contributed by atoms with E-state index in [1.165, 1.54) is 0 Å². The summed E-state index contributed by atoms with van der Waals surface area (Å²) in [4.78, 5) is 24.4. The second-order valence-corrected chi connectivity index (χ2v) is 5.29. The van der Waals surface area contributed by atoms with Gasteiger partial charge in [0.1, 0.15) is 5.56 Å². The van der Waals surface area contributed by atoms with E-state index in [1.54, 1.807) is 0 Å². The van der Waals surface area contributed by atoms with Gasteiger partial charge in [-0.1, -0.05) is 44.2 Å². The molecule has 0 fully saturated rings. The van der Waals surface area contributed by atoms with E-state index in [0.717, 1.165) is 11.3 Å². The van der Waals surface area contributed by atoms with Crippen LogP contribution in [0.15, 0.2) is 35.1 Å². The number of carbonyl (C=O) groups excluding carboxylic acids is 1. The van der Waals surface area contributed by atoms with E-state index in [1.807, 2.05) is 44.2 Å². The molecular weight excluding hydrogens is 328 g/mol. The summed E-state index contributed by atoms with van der Waals surface area (Å²) in [5, 5.41) is 9.16. The van der Waals surface area contributed by atoms with Crippen molar-refractivity contribution in [2.45, 2.75) is 32.7 Å². The zero-order valence-electron chi connectivity index (χ0n) is 13.8. The summed E-state index contributed by atoms with van der Waals surface area (Å²) in [6.07, 6.45) is 1.23. The van der Waals surface area contributed by atoms with Crippen LogP contribution in [0.4, 0.5) is 0 Å². The summed E-state index contributed by atoms with van der Waals surface area (Å²) >= 11 is 0. The molecule has 0 aliphatic heterocycles. The van der Waals surface area contributed by atoms with Crippen LogP contribution in [0.2, 0.25) is 0 Å². The molecule has 0 saturated heterocycles. The maximum Gasteiger partial charge on any atom is 0.277 e. The van der Waals surface area contributed by atoms with Crippen molar-refractivity contribution in [3.63, 3.8) is 0 Å². The van der Waals surface area contributed by atoms with Crippen LogP contribution in [-0.4, -0.2) is 22.6 Å². The second kappa shape index (κ2) is 9.20. The van der Waals surface area contributed by atoms with E-state index in [4.69, 9.17) is 5.73 Å². The van der Waals surface area contributed by atoms with E-state index in [9.17, 15) is 9.59 Å². The van der Waals surface area contributed by atoms with Gasteiger partial charge in [0.25, 0.3) is 11.5 Å². The van der Waals surface area contributed by atoms with Gasteiger partial charge >= 0.3 is 0 Å². The van der Waals surface area contributed by atoms with Crippen molar-refractivity contribution in [2.24, 2.45) is 5.73 Å². The van der Waals surface area contributed by atoms with Gasteiger partial charge in [0.05, 0.1) is 5.69 Å². The smallest absolute Gasteiger partial charge is 0.277 e. The molecule has 1 atom stereocenters. The van der Waals surface area contributed by atoms with Crippen molar-refractivity contribution in [1.82, 2.24) is 15.5 Å². The Labute approximate surface area is 147 Å². The summed E-state index contributed by atoms with van der Waals surface area (Å²) in [5.74, 6) is -0.411. The van der Waals surface area contributed by atoms with Crippen molar-refractivity contribution < 1.29 is 4.79 Å². The summed E-state index contributed by atoms with van der Waals surface area (Å²) in [6, 6.07) is 9.19. The van der Waals surface area contributed by atoms with Gasteiger partial charge in [-0.25, -0.2) is 5.10 Å². The standard InChI is InChI=1S/C17H22N4O2.ClH/c1-3-12-14(4-2)20-21-17(23)15(12)16(22)19-10-13(18)11-8-6-5-7-9-11;/h5-9,13H,3-4,10,18H2,1-2H3,(H,19,22)(H,21,23);1H. The minimum atomic E-state index is -0.468. The van der Waals surface area contributed by atoms with E-state index >= 15 is 0 Å². The Kier molecular flexibility index (Phi) is 7.61. The summed E-state index contributed by atoms with van der Waals surface area (Å²) in [5.41, 5.74) is 8.11. The molecule has 1 aromatic heterocycles. The lowest BCUT2D eigenvalue weighted by Crippen LogP contribution is -2.36. The zero-order chi connectivity index (χ0) is 16.8. The fourth-order valence-corrected chi connectivity index (χ4v) is 2.55. The third-order valence-corrected chi connectivity index (χ3v) is 3.80. The fraction of sp³-hybridized carbons (Fsp3) is 0.353. The molecule has 0 radical (unpaired) electrons. The highest BCUT2D eigenvalue weighted by molar-refractivity contribution is 5.95. The molecule has 0 saturated carbocycles. The third-order valence-electron chi connectivity index (χ3n) is 3.80. The molecule has 0 bridgehead atoms. The molecule has 6 nitrogen and oxygen atoms in total. The lowest BCUT2D eigenvalue weighted by molar-refractivity contribution is 0.0948. The number of benzene rings is 1. The molecular formula is C17H23ClN4O2. The molecule has 1 heterocycles. The van der Waals surface area contributed by atoms with Crippen molar-refractivity contribution >= 4 is 18.3 Å². The number of aromatic amines is 1. The first-order chi connectivity index (χ1) is 11.1.